The van der Waals surface area contributed by atoms with Crippen molar-refractivity contribution in [2.45, 2.75) is 34.1 Å². The normalized spacial score (nSPS) is 11.8. The highest BCUT2D eigenvalue weighted by atomic mass is 15.3. The smallest absolute Gasteiger partial charge is 0.0645 e. The van der Waals surface area contributed by atoms with Gasteiger partial charge in [0.05, 0.1) is 11.4 Å². The van der Waals surface area contributed by atoms with E-state index in [0.717, 1.165) is 17.8 Å². The molecule has 0 unspecified atom stereocenters. The zero-order valence-corrected chi connectivity index (χ0v) is 11.1. The molecule has 0 aliphatic carbocycles. The molecule has 0 radical (unpaired) electrons. The second-order valence-electron chi connectivity index (χ2n) is 5.82. The van der Waals surface area contributed by atoms with Gasteiger partial charge in [-0.15, -0.1) is 0 Å². The summed E-state index contributed by atoms with van der Waals surface area (Å²) in [6, 6.07) is 10.5. The van der Waals surface area contributed by atoms with Crippen LogP contribution in [0.15, 0.2) is 36.5 Å². The maximum atomic E-state index is 4.61. The van der Waals surface area contributed by atoms with Crippen molar-refractivity contribution < 1.29 is 0 Å². The van der Waals surface area contributed by atoms with Gasteiger partial charge in [0.1, 0.15) is 0 Å². The summed E-state index contributed by atoms with van der Waals surface area (Å²) in [4.78, 5) is 0. The maximum absolute atomic E-state index is 4.61. The van der Waals surface area contributed by atoms with Crippen molar-refractivity contribution in [1.82, 2.24) is 9.78 Å². The molecule has 0 N–H and O–H groups in total. The Hall–Kier alpha value is -1.57. The van der Waals surface area contributed by atoms with Crippen LogP contribution in [0.1, 0.15) is 32.0 Å². The van der Waals surface area contributed by atoms with E-state index in [9.17, 15) is 0 Å². The molecule has 0 spiro atoms. The summed E-state index contributed by atoms with van der Waals surface area (Å²) < 4.78 is 1.94. The fourth-order valence-electron chi connectivity index (χ4n) is 1.84. The van der Waals surface area contributed by atoms with E-state index in [4.69, 9.17) is 0 Å². The molecule has 0 aliphatic rings. The van der Waals surface area contributed by atoms with Gasteiger partial charge in [-0.1, -0.05) is 38.5 Å². The molecule has 0 aliphatic heterocycles. The second kappa shape index (κ2) is 4.36. The molecular formula is C15H20N2. The first-order valence-electron chi connectivity index (χ1n) is 6.06. The molecule has 1 heterocycles. The van der Waals surface area contributed by atoms with Crippen molar-refractivity contribution in [3.05, 3.63) is 47.8 Å². The van der Waals surface area contributed by atoms with Crippen molar-refractivity contribution in [3.8, 4) is 5.69 Å². The van der Waals surface area contributed by atoms with Crippen LogP contribution in [0.5, 0.6) is 0 Å². The Labute approximate surface area is 103 Å². The molecule has 2 aromatic rings. The standard InChI is InChI=1S/C15H20N2/c1-12-5-7-14(8-6-12)17-10-9-13(16-17)11-15(2,3)4/h5-10H,11H2,1-4H3. The molecule has 0 bridgehead atoms. The van der Waals surface area contributed by atoms with E-state index >= 15 is 0 Å². The summed E-state index contributed by atoms with van der Waals surface area (Å²) in [6.45, 7) is 8.80. The Balaban J connectivity index is 2.21. The first-order chi connectivity index (χ1) is 7.94. The van der Waals surface area contributed by atoms with Gasteiger partial charge >= 0.3 is 0 Å². The van der Waals surface area contributed by atoms with Crippen LogP contribution in [-0.4, -0.2) is 9.78 Å². The molecule has 0 fully saturated rings. The van der Waals surface area contributed by atoms with Gasteiger partial charge < -0.3 is 0 Å². The number of aryl methyl sites for hydroxylation is 1. The van der Waals surface area contributed by atoms with Gasteiger partial charge in [0, 0.05) is 6.20 Å². The average Bonchev–Trinajstić information content (AvgIpc) is 2.64. The van der Waals surface area contributed by atoms with Gasteiger partial charge in [-0.05, 0) is 37.0 Å². The van der Waals surface area contributed by atoms with Crippen molar-refractivity contribution >= 4 is 0 Å². The quantitative estimate of drug-likeness (QED) is 0.765. The third kappa shape index (κ3) is 3.19. The number of nitrogens with zero attached hydrogens (tertiary/aromatic N) is 2. The lowest BCUT2D eigenvalue weighted by Crippen LogP contribution is -2.10. The van der Waals surface area contributed by atoms with E-state index in [0.29, 0.717) is 0 Å². The largest absolute Gasteiger partial charge is 0.241 e. The number of rotatable bonds is 2. The van der Waals surface area contributed by atoms with Crippen molar-refractivity contribution in [1.29, 1.82) is 0 Å². The predicted molar refractivity (Wildman–Crippen MR) is 71.5 cm³/mol. The van der Waals surface area contributed by atoms with E-state index in [-0.39, 0.29) is 5.41 Å². The van der Waals surface area contributed by atoms with Gasteiger partial charge in [-0.25, -0.2) is 4.68 Å². The Bertz CT molecular complexity index is 486. The molecular weight excluding hydrogens is 208 g/mol. The molecule has 2 rings (SSSR count). The summed E-state index contributed by atoms with van der Waals surface area (Å²) in [7, 11) is 0. The van der Waals surface area contributed by atoms with Crippen molar-refractivity contribution in [3.63, 3.8) is 0 Å². The Morgan fingerprint density at radius 1 is 1.06 bits per heavy atom. The Kier molecular flexibility index (Phi) is 3.05. The highest BCUT2D eigenvalue weighted by Gasteiger charge is 2.13. The lowest BCUT2D eigenvalue weighted by molar-refractivity contribution is 0.405. The van der Waals surface area contributed by atoms with Gasteiger partial charge in [-0.2, -0.15) is 5.10 Å². The molecule has 0 saturated carbocycles. The minimum absolute atomic E-state index is 0.284. The summed E-state index contributed by atoms with van der Waals surface area (Å²) in [5.74, 6) is 0. The third-order valence-electron chi connectivity index (χ3n) is 2.65. The molecule has 17 heavy (non-hydrogen) atoms. The van der Waals surface area contributed by atoms with Gasteiger partial charge in [-0.3, -0.25) is 0 Å². The fourth-order valence-corrected chi connectivity index (χ4v) is 1.84. The molecule has 90 valence electrons. The predicted octanol–water partition coefficient (Wildman–Crippen LogP) is 3.77. The molecule has 2 nitrogen and oxygen atoms in total. The Morgan fingerprint density at radius 3 is 2.29 bits per heavy atom. The van der Waals surface area contributed by atoms with E-state index in [1.165, 1.54) is 5.56 Å². The van der Waals surface area contributed by atoms with E-state index in [1.54, 1.807) is 0 Å². The molecule has 1 aromatic carbocycles. The van der Waals surface area contributed by atoms with Crippen LogP contribution in [0, 0.1) is 12.3 Å². The minimum Gasteiger partial charge on any atom is -0.241 e. The monoisotopic (exact) mass is 228 g/mol. The molecule has 0 amide bonds. The maximum Gasteiger partial charge on any atom is 0.0645 e. The fraction of sp³-hybridized carbons (Fsp3) is 0.400. The summed E-state index contributed by atoms with van der Waals surface area (Å²) in [6.07, 6.45) is 3.04. The number of benzene rings is 1. The highest BCUT2D eigenvalue weighted by Crippen LogP contribution is 2.20. The van der Waals surface area contributed by atoms with Crippen LogP contribution in [0.2, 0.25) is 0 Å². The minimum atomic E-state index is 0.284. The van der Waals surface area contributed by atoms with Crippen LogP contribution in [0.4, 0.5) is 0 Å². The molecule has 2 heteroatoms. The second-order valence-corrected chi connectivity index (χ2v) is 5.82. The SMILES string of the molecule is Cc1ccc(-n2ccc(CC(C)(C)C)n2)cc1. The lowest BCUT2D eigenvalue weighted by Gasteiger charge is -2.15. The van der Waals surface area contributed by atoms with Crippen molar-refractivity contribution in [2.75, 3.05) is 0 Å². The topological polar surface area (TPSA) is 17.8 Å². The molecule has 1 aromatic heterocycles. The van der Waals surface area contributed by atoms with Crippen molar-refractivity contribution in [2.24, 2.45) is 5.41 Å². The van der Waals surface area contributed by atoms with E-state index in [1.807, 2.05) is 10.9 Å². The zero-order chi connectivity index (χ0) is 12.5. The highest BCUT2D eigenvalue weighted by molar-refractivity contribution is 5.33. The third-order valence-corrected chi connectivity index (χ3v) is 2.65. The number of hydrogen-bond acceptors (Lipinski definition) is 1. The van der Waals surface area contributed by atoms with E-state index < -0.39 is 0 Å². The Morgan fingerprint density at radius 2 is 1.71 bits per heavy atom. The molecule has 0 atom stereocenters. The first-order valence-corrected chi connectivity index (χ1v) is 6.06. The number of aromatic nitrogens is 2. The summed E-state index contributed by atoms with van der Waals surface area (Å²) in [5, 5.41) is 4.61. The van der Waals surface area contributed by atoms with E-state index in [2.05, 4.69) is 63.1 Å². The summed E-state index contributed by atoms with van der Waals surface area (Å²) in [5.41, 5.74) is 3.83. The first kappa shape index (κ1) is 11.9. The zero-order valence-electron chi connectivity index (χ0n) is 11.1. The van der Waals surface area contributed by atoms with Crippen LogP contribution in [0.25, 0.3) is 5.69 Å². The molecule has 0 saturated heterocycles. The summed E-state index contributed by atoms with van der Waals surface area (Å²) >= 11 is 0. The van der Waals surface area contributed by atoms with Gasteiger partial charge in [0.25, 0.3) is 0 Å². The van der Waals surface area contributed by atoms with Crippen LogP contribution in [-0.2, 0) is 6.42 Å². The van der Waals surface area contributed by atoms with Gasteiger partial charge in [0.2, 0.25) is 0 Å². The van der Waals surface area contributed by atoms with Crippen LogP contribution >= 0.6 is 0 Å². The lowest BCUT2D eigenvalue weighted by atomic mass is 9.91. The van der Waals surface area contributed by atoms with Gasteiger partial charge in [0.15, 0.2) is 0 Å². The number of hydrogen-bond donors (Lipinski definition) is 0. The average molecular weight is 228 g/mol. The van der Waals surface area contributed by atoms with Crippen LogP contribution in [0.3, 0.4) is 0 Å². The van der Waals surface area contributed by atoms with Crippen LogP contribution < -0.4 is 0 Å².